The molecule has 1 aliphatic heterocycles. The summed E-state index contributed by atoms with van der Waals surface area (Å²) in [6.07, 6.45) is 5.12. The van der Waals surface area contributed by atoms with E-state index in [4.69, 9.17) is 4.99 Å². The van der Waals surface area contributed by atoms with Crippen molar-refractivity contribution in [2.24, 2.45) is 10.9 Å². The zero-order valence-corrected chi connectivity index (χ0v) is 15.4. The van der Waals surface area contributed by atoms with Crippen LogP contribution in [-0.2, 0) is 0 Å². The summed E-state index contributed by atoms with van der Waals surface area (Å²) in [4.78, 5) is 18.0. The van der Waals surface area contributed by atoms with E-state index < -0.39 is 0 Å². The second kappa shape index (κ2) is 6.75. The topological polar surface area (TPSA) is 58.7 Å². The summed E-state index contributed by atoms with van der Waals surface area (Å²) in [6.45, 7) is 7.30. The maximum Gasteiger partial charge on any atom is 0.272 e. The molecule has 1 aromatic carbocycles. The van der Waals surface area contributed by atoms with E-state index in [-0.39, 0.29) is 16.1 Å². The Morgan fingerprint density at radius 2 is 2.08 bits per heavy atom. The van der Waals surface area contributed by atoms with Crippen molar-refractivity contribution >= 4 is 28.3 Å². The summed E-state index contributed by atoms with van der Waals surface area (Å²) >= 11 is 1.84. The van der Waals surface area contributed by atoms with Gasteiger partial charge < -0.3 is 4.90 Å². The third-order valence-corrected chi connectivity index (χ3v) is 6.21. The van der Waals surface area contributed by atoms with Gasteiger partial charge in [0.1, 0.15) is 0 Å². The van der Waals surface area contributed by atoms with Crippen LogP contribution in [0.15, 0.2) is 23.2 Å². The molecule has 1 spiro atoms. The lowest BCUT2D eigenvalue weighted by atomic mass is 9.97. The molecule has 0 atom stereocenters. The fraction of sp³-hybridized carbons (Fsp3) is 0.611. The smallest absolute Gasteiger partial charge is 0.272 e. The number of benzene rings is 1. The Kier molecular flexibility index (Phi) is 4.85. The number of amidine groups is 1. The normalized spacial score (nSPS) is 21.3. The van der Waals surface area contributed by atoms with E-state index in [9.17, 15) is 10.1 Å². The molecule has 1 heterocycles. The van der Waals surface area contributed by atoms with Gasteiger partial charge in [0, 0.05) is 23.9 Å². The van der Waals surface area contributed by atoms with E-state index in [2.05, 4.69) is 18.7 Å². The number of nitrogens with zero attached hydrogens (tertiary/aromatic N) is 3. The first kappa shape index (κ1) is 17.3. The van der Waals surface area contributed by atoms with E-state index in [1.165, 1.54) is 25.7 Å². The molecule has 1 saturated heterocycles. The third-order valence-electron chi connectivity index (χ3n) is 4.96. The number of nitro groups is 1. The summed E-state index contributed by atoms with van der Waals surface area (Å²) in [5.41, 5.74) is 1.91. The number of aryl methyl sites for hydroxylation is 1. The molecular weight excluding hydrogens is 322 g/mol. The van der Waals surface area contributed by atoms with Gasteiger partial charge in [-0.3, -0.25) is 10.1 Å². The standard InChI is InChI=1S/C18H25N3O2S/c1-13(2)11-20-17(24-12-18(20)8-4-5-9-18)19-15-6-7-16(21(22)23)14(3)10-15/h6-7,10,13H,4-5,8-9,11-12H2,1-3H3/b19-17+. The largest absolute Gasteiger partial charge is 0.344 e. The van der Waals surface area contributed by atoms with Crippen molar-refractivity contribution in [2.75, 3.05) is 12.3 Å². The highest BCUT2D eigenvalue weighted by atomic mass is 32.2. The molecule has 0 unspecified atom stereocenters. The summed E-state index contributed by atoms with van der Waals surface area (Å²) < 4.78 is 0. The van der Waals surface area contributed by atoms with Gasteiger partial charge in [-0.25, -0.2) is 4.99 Å². The molecule has 0 N–H and O–H groups in total. The minimum Gasteiger partial charge on any atom is -0.344 e. The molecular formula is C18H25N3O2S. The molecule has 5 nitrogen and oxygen atoms in total. The molecule has 1 aliphatic carbocycles. The fourth-order valence-electron chi connectivity index (χ4n) is 3.76. The van der Waals surface area contributed by atoms with Gasteiger partial charge in [-0.1, -0.05) is 38.5 Å². The van der Waals surface area contributed by atoms with Gasteiger partial charge in [0.15, 0.2) is 5.17 Å². The van der Waals surface area contributed by atoms with E-state index >= 15 is 0 Å². The van der Waals surface area contributed by atoms with Gasteiger partial charge >= 0.3 is 0 Å². The van der Waals surface area contributed by atoms with Crippen LogP contribution in [0.2, 0.25) is 0 Å². The molecule has 2 fully saturated rings. The van der Waals surface area contributed by atoms with E-state index in [1.807, 2.05) is 17.8 Å². The molecule has 0 aromatic heterocycles. The first-order valence-electron chi connectivity index (χ1n) is 8.65. The van der Waals surface area contributed by atoms with Crippen LogP contribution in [0.3, 0.4) is 0 Å². The second-order valence-electron chi connectivity index (χ2n) is 7.35. The Hall–Kier alpha value is -1.56. The van der Waals surface area contributed by atoms with Crippen molar-refractivity contribution in [1.29, 1.82) is 0 Å². The summed E-state index contributed by atoms with van der Waals surface area (Å²) in [6, 6.07) is 5.14. The molecule has 3 rings (SSSR count). The summed E-state index contributed by atoms with van der Waals surface area (Å²) in [5.74, 6) is 1.70. The molecule has 24 heavy (non-hydrogen) atoms. The van der Waals surface area contributed by atoms with Crippen LogP contribution in [0.1, 0.15) is 45.1 Å². The Balaban J connectivity index is 1.90. The monoisotopic (exact) mass is 347 g/mol. The van der Waals surface area contributed by atoms with Crippen molar-refractivity contribution < 1.29 is 4.92 Å². The average Bonchev–Trinajstić information content (AvgIpc) is 3.10. The van der Waals surface area contributed by atoms with Crippen molar-refractivity contribution in [3.8, 4) is 0 Å². The highest BCUT2D eigenvalue weighted by Gasteiger charge is 2.46. The van der Waals surface area contributed by atoms with Gasteiger partial charge in [0.2, 0.25) is 0 Å². The van der Waals surface area contributed by atoms with Crippen molar-refractivity contribution in [1.82, 2.24) is 4.90 Å². The van der Waals surface area contributed by atoms with Crippen LogP contribution >= 0.6 is 11.8 Å². The zero-order valence-electron chi connectivity index (χ0n) is 14.6. The highest BCUT2D eigenvalue weighted by Crippen LogP contribution is 2.45. The predicted molar refractivity (Wildman–Crippen MR) is 100 cm³/mol. The lowest BCUT2D eigenvalue weighted by Gasteiger charge is -2.37. The number of aliphatic imine (C=N–C) groups is 1. The van der Waals surface area contributed by atoms with Crippen molar-refractivity contribution in [2.45, 2.75) is 52.0 Å². The molecule has 1 saturated carbocycles. The Morgan fingerprint density at radius 1 is 1.38 bits per heavy atom. The van der Waals surface area contributed by atoms with Gasteiger partial charge in [0.05, 0.1) is 16.1 Å². The number of nitro benzene ring substituents is 1. The van der Waals surface area contributed by atoms with E-state index in [0.717, 1.165) is 23.2 Å². The molecule has 0 bridgehead atoms. The van der Waals surface area contributed by atoms with Gasteiger partial charge in [-0.15, -0.1) is 0 Å². The number of hydrogen-bond donors (Lipinski definition) is 0. The average molecular weight is 347 g/mol. The zero-order chi connectivity index (χ0) is 17.3. The Bertz CT molecular complexity index is 666. The minimum absolute atomic E-state index is 0.157. The predicted octanol–water partition coefficient (Wildman–Crippen LogP) is 4.91. The molecule has 0 amide bonds. The van der Waals surface area contributed by atoms with Gasteiger partial charge in [-0.2, -0.15) is 0 Å². The molecule has 130 valence electrons. The number of rotatable bonds is 4. The first-order valence-corrected chi connectivity index (χ1v) is 9.64. The Labute approximate surface area is 147 Å². The number of thioether (sulfide) groups is 1. The summed E-state index contributed by atoms with van der Waals surface area (Å²) in [5, 5.41) is 12.1. The Morgan fingerprint density at radius 3 is 2.67 bits per heavy atom. The fourth-order valence-corrected chi connectivity index (χ4v) is 5.20. The second-order valence-corrected chi connectivity index (χ2v) is 8.29. The molecule has 1 aromatic rings. The van der Waals surface area contributed by atoms with Crippen molar-refractivity contribution in [3.63, 3.8) is 0 Å². The maximum absolute atomic E-state index is 11.0. The van der Waals surface area contributed by atoms with Crippen LogP contribution in [0, 0.1) is 23.0 Å². The van der Waals surface area contributed by atoms with Crippen LogP contribution in [0.5, 0.6) is 0 Å². The highest BCUT2D eigenvalue weighted by molar-refractivity contribution is 8.14. The molecule has 2 aliphatic rings. The summed E-state index contributed by atoms with van der Waals surface area (Å²) in [7, 11) is 0. The molecule has 0 radical (unpaired) electrons. The quantitative estimate of drug-likeness (QED) is 0.573. The van der Waals surface area contributed by atoms with Crippen LogP contribution in [0.4, 0.5) is 11.4 Å². The van der Waals surface area contributed by atoms with Crippen LogP contribution in [0.25, 0.3) is 0 Å². The van der Waals surface area contributed by atoms with Crippen LogP contribution < -0.4 is 0 Å². The number of hydrogen-bond acceptors (Lipinski definition) is 4. The minimum atomic E-state index is -0.338. The third kappa shape index (κ3) is 3.29. The van der Waals surface area contributed by atoms with E-state index in [1.54, 1.807) is 19.1 Å². The van der Waals surface area contributed by atoms with Crippen LogP contribution in [-0.4, -0.2) is 32.8 Å². The molecule has 6 heteroatoms. The maximum atomic E-state index is 11.0. The first-order chi connectivity index (χ1) is 11.4. The van der Waals surface area contributed by atoms with Crippen molar-refractivity contribution in [3.05, 3.63) is 33.9 Å². The van der Waals surface area contributed by atoms with E-state index in [0.29, 0.717) is 11.5 Å². The van der Waals surface area contributed by atoms with Gasteiger partial charge in [-0.05, 0) is 37.8 Å². The lowest BCUT2D eigenvalue weighted by molar-refractivity contribution is -0.385. The SMILES string of the molecule is Cc1cc(/N=C2/SCC3(CCCC3)N2CC(C)C)ccc1[N+](=O)[O-]. The van der Waals surface area contributed by atoms with Gasteiger partial charge in [0.25, 0.3) is 5.69 Å². The lowest BCUT2D eigenvalue weighted by Crippen LogP contribution is -2.46.